The first-order chi connectivity index (χ1) is 9.99. The Bertz CT molecular complexity index is 530. The van der Waals surface area contributed by atoms with Crippen LogP contribution in [0.1, 0.15) is 51.2 Å². The number of hydrogen-bond acceptors (Lipinski definition) is 4. The van der Waals surface area contributed by atoms with E-state index < -0.39 is 6.10 Å². The van der Waals surface area contributed by atoms with Gasteiger partial charge in [-0.15, -0.1) is 0 Å². The molecular formula is C17H24O4. The van der Waals surface area contributed by atoms with Crippen molar-refractivity contribution in [3.63, 3.8) is 0 Å². The standard InChI is InChI=1S/C17H24O4/c1-4-16(2)11-17(7-8-20-16)10-14(18)13-6-5-12(19-3)9-15(13)21-17/h5-6,9,14,18H,4,7-8,10-11H2,1-3H3/t14-,16?,17?/m1/s1. The molecule has 1 spiro atoms. The molecule has 0 bridgehead atoms. The van der Waals surface area contributed by atoms with Crippen LogP contribution in [-0.2, 0) is 4.74 Å². The van der Waals surface area contributed by atoms with E-state index >= 15 is 0 Å². The lowest BCUT2D eigenvalue weighted by Gasteiger charge is -2.49. The molecule has 2 unspecified atom stereocenters. The van der Waals surface area contributed by atoms with Crippen LogP contribution in [-0.4, -0.2) is 30.0 Å². The van der Waals surface area contributed by atoms with Gasteiger partial charge in [0.05, 0.1) is 25.4 Å². The molecule has 0 aliphatic carbocycles. The molecular weight excluding hydrogens is 268 g/mol. The van der Waals surface area contributed by atoms with Crippen LogP contribution in [0.25, 0.3) is 0 Å². The maximum Gasteiger partial charge on any atom is 0.129 e. The molecule has 1 N–H and O–H groups in total. The average molecular weight is 292 g/mol. The zero-order valence-corrected chi connectivity index (χ0v) is 13.0. The summed E-state index contributed by atoms with van der Waals surface area (Å²) in [6, 6.07) is 5.63. The predicted molar refractivity (Wildman–Crippen MR) is 79.8 cm³/mol. The van der Waals surface area contributed by atoms with E-state index in [2.05, 4.69) is 13.8 Å². The smallest absolute Gasteiger partial charge is 0.129 e. The second kappa shape index (κ2) is 5.18. The summed E-state index contributed by atoms with van der Waals surface area (Å²) in [4.78, 5) is 0. The van der Waals surface area contributed by atoms with E-state index in [1.54, 1.807) is 7.11 Å². The fourth-order valence-electron chi connectivity index (χ4n) is 3.54. The van der Waals surface area contributed by atoms with E-state index in [9.17, 15) is 5.11 Å². The Balaban J connectivity index is 1.93. The summed E-state index contributed by atoms with van der Waals surface area (Å²) in [7, 11) is 1.64. The van der Waals surface area contributed by atoms with E-state index in [-0.39, 0.29) is 11.2 Å². The number of aliphatic hydroxyl groups is 1. The first kappa shape index (κ1) is 14.7. The van der Waals surface area contributed by atoms with Crippen LogP contribution in [0.5, 0.6) is 11.5 Å². The van der Waals surface area contributed by atoms with Crippen molar-refractivity contribution in [2.24, 2.45) is 0 Å². The van der Waals surface area contributed by atoms with E-state index in [0.717, 1.165) is 36.3 Å². The van der Waals surface area contributed by atoms with Crippen molar-refractivity contribution in [1.82, 2.24) is 0 Å². The molecule has 21 heavy (non-hydrogen) atoms. The molecule has 0 aromatic heterocycles. The molecule has 2 aliphatic rings. The Morgan fingerprint density at radius 3 is 2.95 bits per heavy atom. The molecule has 2 aliphatic heterocycles. The molecule has 1 fully saturated rings. The number of methoxy groups -OCH3 is 1. The van der Waals surface area contributed by atoms with Gasteiger partial charge in [0.2, 0.25) is 0 Å². The maximum atomic E-state index is 10.5. The highest BCUT2D eigenvalue weighted by molar-refractivity contribution is 5.44. The molecule has 0 amide bonds. The first-order valence-corrected chi connectivity index (χ1v) is 7.68. The first-order valence-electron chi connectivity index (χ1n) is 7.68. The normalized spacial score (nSPS) is 35.1. The Morgan fingerprint density at radius 1 is 1.43 bits per heavy atom. The third-order valence-corrected chi connectivity index (χ3v) is 4.92. The lowest BCUT2D eigenvalue weighted by Crippen LogP contribution is -2.52. The van der Waals surface area contributed by atoms with Gasteiger partial charge in [0.1, 0.15) is 17.1 Å². The Kier molecular flexibility index (Phi) is 3.62. The van der Waals surface area contributed by atoms with Gasteiger partial charge < -0.3 is 19.3 Å². The molecule has 4 heteroatoms. The van der Waals surface area contributed by atoms with Gasteiger partial charge in [-0.3, -0.25) is 0 Å². The lowest BCUT2D eigenvalue weighted by atomic mass is 9.76. The molecule has 3 rings (SSSR count). The number of fused-ring (bicyclic) bond motifs is 1. The predicted octanol–water partition coefficient (Wildman–Crippen LogP) is 3.23. The van der Waals surface area contributed by atoms with Crippen LogP contribution < -0.4 is 9.47 Å². The van der Waals surface area contributed by atoms with Crippen molar-refractivity contribution in [3.05, 3.63) is 23.8 Å². The molecule has 3 atom stereocenters. The monoisotopic (exact) mass is 292 g/mol. The SMILES string of the molecule is CCC1(C)CC2(CCO1)C[C@@H](O)c1ccc(OC)cc1O2. The molecule has 1 saturated heterocycles. The third kappa shape index (κ3) is 2.62. The fraction of sp³-hybridized carbons (Fsp3) is 0.647. The minimum absolute atomic E-state index is 0.172. The van der Waals surface area contributed by atoms with Crippen LogP contribution in [0.2, 0.25) is 0 Å². The van der Waals surface area contributed by atoms with Crippen molar-refractivity contribution >= 4 is 0 Å². The number of benzene rings is 1. The van der Waals surface area contributed by atoms with Gasteiger partial charge in [-0.25, -0.2) is 0 Å². The van der Waals surface area contributed by atoms with E-state index in [0.29, 0.717) is 13.0 Å². The van der Waals surface area contributed by atoms with Gasteiger partial charge in [-0.1, -0.05) is 6.92 Å². The topological polar surface area (TPSA) is 47.9 Å². The highest BCUT2D eigenvalue weighted by atomic mass is 16.5. The highest BCUT2D eigenvalue weighted by Gasteiger charge is 2.48. The van der Waals surface area contributed by atoms with Crippen molar-refractivity contribution < 1.29 is 19.3 Å². The molecule has 0 saturated carbocycles. The third-order valence-electron chi connectivity index (χ3n) is 4.92. The number of aliphatic hydroxyl groups excluding tert-OH is 1. The van der Waals surface area contributed by atoms with Crippen molar-refractivity contribution in [2.45, 2.75) is 56.8 Å². The van der Waals surface area contributed by atoms with E-state index in [1.807, 2.05) is 18.2 Å². The number of ether oxygens (including phenoxy) is 3. The largest absolute Gasteiger partial charge is 0.497 e. The molecule has 2 heterocycles. The summed E-state index contributed by atoms with van der Waals surface area (Å²) in [6.45, 7) is 4.94. The van der Waals surface area contributed by atoms with Gasteiger partial charge in [0, 0.05) is 30.9 Å². The van der Waals surface area contributed by atoms with Gasteiger partial charge >= 0.3 is 0 Å². The van der Waals surface area contributed by atoms with Crippen LogP contribution in [0.3, 0.4) is 0 Å². The summed E-state index contributed by atoms with van der Waals surface area (Å²) < 4.78 is 17.5. The van der Waals surface area contributed by atoms with E-state index in [4.69, 9.17) is 14.2 Å². The fourth-order valence-corrected chi connectivity index (χ4v) is 3.54. The zero-order valence-electron chi connectivity index (χ0n) is 13.0. The second-order valence-corrected chi connectivity index (χ2v) is 6.49. The lowest BCUT2D eigenvalue weighted by molar-refractivity contribution is -0.160. The summed E-state index contributed by atoms with van der Waals surface area (Å²) in [6.07, 6.45) is 2.71. The minimum atomic E-state index is -0.487. The Hall–Kier alpha value is -1.26. The van der Waals surface area contributed by atoms with Gasteiger partial charge in [0.25, 0.3) is 0 Å². The highest BCUT2D eigenvalue weighted by Crippen LogP contribution is 2.48. The van der Waals surface area contributed by atoms with Crippen LogP contribution in [0, 0.1) is 0 Å². The minimum Gasteiger partial charge on any atom is -0.497 e. The molecule has 0 radical (unpaired) electrons. The molecule has 4 nitrogen and oxygen atoms in total. The Labute approximate surface area is 126 Å². The zero-order chi connectivity index (χ0) is 15.1. The molecule has 1 aromatic carbocycles. The van der Waals surface area contributed by atoms with Crippen LogP contribution >= 0.6 is 0 Å². The summed E-state index contributed by atoms with van der Waals surface area (Å²) >= 11 is 0. The van der Waals surface area contributed by atoms with Gasteiger partial charge in [-0.2, -0.15) is 0 Å². The average Bonchev–Trinajstić information content (AvgIpc) is 2.46. The number of hydrogen-bond donors (Lipinski definition) is 1. The quantitative estimate of drug-likeness (QED) is 0.909. The van der Waals surface area contributed by atoms with E-state index in [1.165, 1.54) is 0 Å². The number of rotatable bonds is 2. The molecule has 116 valence electrons. The van der Waals surface area contributed by atoms with Crippen molar-refractivity contribution in [1.29, 1.82) is 0 Å². The Morgan fingerprint density at radius 2 is 2.24 bits per heavy atom. The van der Waals surface area contributed by atoms with Crippen molar-refractivity contribution in [2.75, 3.05) is 13.7 Å². The molecule has 1 aromatic rings. The van der Waals surface area contributed by atoms with Crippen LogP contribution in [0.4, 0.5) is 0 Å². The van der Waals surface area contributed by atoms with Gasteiger partial charge in [0.15, 0.2) is 0 Å². The van der Waals surface area contributed by atoms with Crippen molar-refractivity contribution in [3.8, 4) is 11.5 Å². The van der Waals surface area contributed by atoms with Crippen LogP contribution in [0.15, 0.2) is 18.2 Å². The summed E-state index contributed by atoms with van der Waals surface area (Å²) in [5.74, 6) is 1.50. The van der Waals surface area contributed by atoms with Gasteiger partial charge in [-0.05, 0) is 25.5 Å². The maximum absolute atomic E-state index is 10.5. The second-order valence-electron chi connectivity index (χ2n) is 6.49. The summed E-state index contributed by atoms with van der Waals surface area (Å²) in [5, 5.41) is 10.5. The summed E-state index contributed by atoms with van der Waals surface area (Å²) in [5.41, 5.74) is 0.349.